The molecule has 30 heavy (non-hydrogen) atoms. The van der Waals surface area contributed by atoms with Crippen LogP contribution in [0.5, 0.6) is 11.5 Å². The van der Waals surface area contributed by atoms with Crippen LogP contribution in [0.4, 0.5) is 5.82 Å². The lowest BCUT2D eigenvalue weighted by molar-refractivity contribution is -0.120. The first kappa shape index (κ1) is 20.8. The number of nitrogens with zero attached hydrogens (tertiary/aromatic N) is 2. The zero-order valence-electron chi connectivity index (χ0n) is 17.2. The maximum Gasteiger partial charge on any atom is 0.224 e. The molecular weight excluding hydrogens is 402 g/mol. The molecule has 0 spiro atoms. The number of halogens is 1. The molecule has 3 heterocycles. The summed E-state index contributed by atoms with van der Waals surface area (Å²) in [7, 11) is 0. The summed E-state index contributed by atoms with van der Waals surface area (Å²) in [5, 5.41) is 3.44. The van der Waals surface area contributed by atoms with E-state index in [0.717, 1.165) is 36.5 Å². The molecule has 7 heteroatoms. The first-order valence-electron chi connectivity index (χ1n) is 10.7. The minimum atomic E-state index is -0.0721. The van der Waals surface area contributed by atoms with E-state index in [1.807, 2.05) is 18.3 Å². The van der Waals surface area contributed by atoms with Gasteiger partial charge in [0.1, 0.15) is 5.82 Å². The molecule has 1 N–H and O–H groups in total. The van der Waals surface area contributed by atoms with Crippen LogP contribution < -0.4 is 19.7 Å². The fraction of sp³-hybridized carbons (Fsp3) is 0.478. The summed E-state index contributed by atoms with van der Waals surface area (Å²) < 4.78 is 11.3. The van der Waals surface area contributed by atoms with E-state index in [1.165, 1.54) is 25.7 Å². The molecule has 1 saturated heterocycles. The van der Waals surface area contributed by atoms with E-state index in [-0.39, 0.29) is 12.3 Å². The van der Waals surface area contributed by atoms with Gasteiger partial charge in [0, 0.05) is 32.3 Å². The number of pyridine rings is 1. The number of fused-ring (bicyclic) bond motifs is 1. The zero-order chi connectivity index (χ0) is 20.8. The Morgan fingerprint density at radius 3 is 2.60 bits per heavy atom. The van der Waals surface area contributed by atoms with Gasteiger partial charge in [0.15, 0.2) is 11.5 Å². The second-order valence-corrected chi connectivity index (χ2v) is 8.24. The van der Waals surface area contributed by atoms with Crippen molar-refractivity contribution in [1.82, 2.24) is 10.3 Å². The quantitative estimate of drug-likeness (QED) is 0.774. The number of nitrogens with one attached hydrogen (secondary N) is 1. The number of rotatable bonds is 5. The Hall–Kier alpha value is -2.47. The molecule has 1 aromatic carbocycles. The number of carbonyl (C=O) groups excluding carboxylic acids is 1. The summed E-state index contributed by atoms with van der Waals surface area (Å²) in [5.74, 6) is 2.12. The Bertz CT molecular complexity index is 865. The highest BCUT2D eigenvalue weighted by molar-refractivity contribution is 6.32. The zero-order valence-corrected chi connectivity index (χ0v) is 17.9. The average molecular weight is 430 g/mol. The first-order chi connectivity index (χ1) is 14.7. The van der Waals surface area contributed by atoms with Crippen molar-refractivity contribution in [3.8, 4) is 11.5 Å². The molecule has 2 aliphatic heterocycles. The molecule has 160 valence electrons. The van der Waals surface area contributed by atoms with Crippen molar-refractivity contribution in [3.05, 3.63) is 46.6 Å². The molecule has 2 aliphatic rings. The van der Waals surface area contributed by atoms with Crippen molar-refractivity contribution in [2.75, 3.05) is 31.2 Å². The number of hydrogen-bond donors (Lipinski definition) is 1. The van der Waals surface area contributed by atoms with Gasteiger partial charge in [-0.2, -0.15) is 0 Å². The van der Waals surface area contributed by atoms with Crippen LogP contribution in [0.1, 0.15) is 43.2 Å². The van der Waals surface area contributed by atoms with Crippen LogP contribution in [0.2, 0.25) is 5.02 Å². The van der Waals surface area contributed by atoms with Crippen molar-refractivity contribution < 1.29 is 14.3 Å². The van der Waals surface area contributed by atoms with Crippen LogP contribution >= 0.6 is 11.6 Å². The Morgan fingerprint density at radius 1 is 1.03 bits per heavy atom. The number of amides is 1. The standard InChI is InChI=1S/C23H28ClN3O3/c24-19-12-18(13-20-23(19)30-11-5-10-29-20)14-22(28)26-16-17-6-7-21(25-15-17)27-8-3-1-2-4-9-27/h6-7,12-13,15H,1-5,8-11,14,16H2,(H,26,28). The van der Waals surface area contributed by atoms with E-state index in [4.69, 9.17) is 21.1 Å². The van der Waals surface area contributed by atoms with Gasteiger partial charge in [0.25, 0.3) is 0 Å². The lowest BCUT2D eigenvalue weighted by Gasteiger charge is -2.21. The van der Waals surface area contributed by atoms with E-state index < -0.39 is 0 Å². The molecule has 0 atom stereocenters. The SMILES string of the molecule is O=C(Cc1cc(Cl)c2c(c1)OCCCO2)NCc1ccc(N2CCCCCC2)nc1. The molecule has 2 aromatic rings. The fourth-order valence-electron chi connectivity index (χ4n) is 3.84. The van der Waals surface area contributed by atoms with Crippen LogP contribution in [0.3, 0.4) is 0 Å². The van der Waals surface area contributed by atoms with Gasteiger partial charge in [-0.05, 0) is 42.2 Å². The Labute approximate surface area is 182 Å². The van der Waals surface area contributed by atoms with Gasteiger partial charge in [-0.25, -0.2) is 4.98 Å². The highest BCUT2D eigenvalue weighted by Gasteiger charge is 2.17. The van der Waals surface area contributed by atoms with Crippen LogP contribution in [0, 0.1) is 0 Å². The molecular formula is C23H28ClN3O3. The molecule has 0 radical (unpaired) electrons. The first-order valence-corrected chi connectivity index (χ1v) is 11.1. The predicted octanol–water partition coefficient (Wildman–Crippen LogP) is 4.14. The van der Waals surface area contributed by atoms with Crippen LogP contribution in [0.25, 0.3) is 0 Å². The summed E-state index contributed by atoms with van der Waals surface area (Å²) in [6, 6.07) is 7.70. The minimum Gasteiger partial charge on any atom is -0.489 e. The number of carbonyl (C=O) groups is 1. The van der Waals surface area contributed by atoms with Crippen molar-refractivity contribution >= 4 is 23.3 Å². The summed E-state index contributed by atoms with van der Waals surface area (Å²) in [4.78, 5) is 19.4. The monoisotopic (exact) mass is 429 g/mol. The topological polar surface area (TPSA) is 63.7 Å². The van der Waals surface area contributed by atoms with Crippen molar-refractivity contribution in [1.29, 1.82) is 0 Å². The highest BCUT2D eigenvalue weighted by Crippen LogP contribution is 2.38. The summed E-state index contributed by atoms with van der Waals surface area (Å²) in [6.45, 7) is 3.75. The number of benzene rings is 1. The number of ether oxygens (including phenoxy) is 2. The van der Waals surface area contributed by atoms with Gasteiger partial charge in [-0.15, -0.1) is 0 Å². The number of hydrogen-bond acceptors (Lipinski definition) is 5. The van der Waals surface area contributed by atoms with E-state index in [1.54, 1.807) is 6.07 Å². The molecule has 1 aromatic heterocycles. The van der Waals surface area contributed by atoms with Crippen LogP contribution in [0.15, 0.2) is 30.5 Å². The van der Waals surface area contributed by atoms with E-state index >= 15 is 0 Å². The summed E-state index contributed by atoms with van der Waals surface area (Å²) in [5.41, 5.74) is 1.79. The molecule has 0 unspecified atom stereocenters. The van der Waals surface area contributed by atoms with E-state index in [2.05, 4.69) is 21.3 Å². The summed E-state index contributed by atoms with van der Waals surface area (Å²) >= 11 is 6.32. The normalized spacial score (nSPS) is 16.5. The third-order valence-electron chi connectivity index (χ3n) is 5.46. The molecule has 1 amide bonds. The van der Waals surface area contributed by atoms with E-state index in [9.17, 15) is 4.79 Å². The van der Waals surface area contributed by atoms with Crippen molar-refractivity contribution in [2.24, 2.45) is 0 Å². The highest BCUT2D eigenvalue weighted by atomic mass is 35.5. The molecule has 4 rings (SSSR count). The van der Waals surface area contributed by atoms with Crippen LogP contribution in [-0.2, 0) is 17.8 Å². The third-order valence-corrected chi connectivity index (χ3v) is 5.74. The third kappa shape index (κ3) is 5.36. The maximum absolute atomic E-state index is 12.4. The Kier molecular flexibility index (Phi) is 6.95. The minimum absolute atomic E-state index is 0.0721. The molecule has 1 fully saturated rings. The number of anilines is 1. The van der Waals surface area contributed by atoms with Gasteiger partial charge in [0.05, 0.1) is 24.7 Å². The van der Waals surface area contributed by atoms with Gasteiger partial charge in [0.2, 0.25) is 5.91 Å². The smallest absolute Gasteiger partial charge is 0.224 e. The van der Waals surface area contributed by atoms with Gasteiger partial charge in [-0.1, -0.05) is 30.5 Å². The Morgan fingerprint density at radius 2 is 1.83 bits per heavy atom. The van der Waals surface area contributed by atoms with Gasteiger partial charge in [-0.3, -0.25) is 4.79 Å². The lowest BCUT2D eigenvalue weighted by atomic mass is 10.1. The second-order valence-electron chi connectivity index (χ2n) is 7.83. The Balaban J connectivity index is 1.31. The number of aromatic nitrogens is 1. The molecule has 6 nitrogen and oxygen atoms in total. The molecule has 0 aliphatic carbocycles. The van der Waals surface area contributed by atoms with Gasteiger partial charge >= 0.3 is 0 Å². The van der Waals surface area contributed by atoms with Crippen molar-refractivity contribution in [3.63, 3.8) is 0 Å². The van der Waals surface area contributed by atoms with Gasteiger partial charge < -0.3 is 19.7 Å². The van der Waals surface area contributed by atoms with Crippen LogP contribution in [-0.4, -0.2) is 37.2 Å². The van der Waals surface area contributed by atoms with E-state index in [0.29, 0.717) is 36.3 Å². The predicted molar refractivity (Wildman–Crippen MR) is 118 cm³/mol. The lowest BCUT2D eigenvalue weighted by Crippen LogP contribution is -2.26. The largest absolute Gasteiger partial charge is 0.489 e. The fourth-order valence-corrected chi connectivity index (χ4v) is 4.13. The summed E-state index contributed by atoms with van der Waals surface area (Å²) in [6.07, 6.45) is 7.95. The van der Waals surface area contributed by atoms with Crippen molar-refractivity contribution in [2.45, 2.75) is 45.1 Å². The molecule has 0 saturated carbocycles. The average Bonchev–Trinajstić information content (AvgIpc) is 3.16. The molecule has 0 bridgehead atoms. The maximum atomic E-state index is 12.4. The second kappa shape index (κ2) is 10.0.